The van der Waals surface area contributed by atoms with Crippen molar-refractivity contribution in [2.75, 3.05) is 56.2 Å². The van der Waals surface area contributed by atoms with Gasteiger partial charge in [0.25, 0.3) is 0 Å². The number of halogens is 2. The van der Waals surface area contributed by atoms with Crippen LogP contribution in [0.15, 0.2) is 24.9 Å². The van der Waals surface area contributed by atoms with E-state index in [9.17, 15) is 14.4 Å². The van der Waals surface area contributed by atoms with Gasteiger partial charge in [0.2, 0.25) is 11.8 Å². The Morgan fingerprint density at radius 2 is 2.14 bits per heavy atom. The number of carbonyl (C=O) groups excluding carboxylic acids is 1. The van der Waals surface area contributed by atoms with Gasteiger partial charge in [0.05, 0.1) is 35.3 Å². The fourth-order valence-electron chi connectivity index (χ4n) is 6.58. The molecule has 10 nitrogen and oxygen atoms in total. The molecule has 2 fully saturated rings. The molecule has 6 rings (SSSR count). The second-order valence-corrected chi connectivity index (χ2v) is 11.7. The number of rotatable bonds is 6. The van der Waals surface area contributed by atoms with Crippen molar-refractivity contribution >= 4 is 39.8 Å². The van der Waals surface area contributed by atoms with Crippen LogP contribution < -0.4 is 14.5 Å². The summed E-state index contributed by atoms with van der Waals surface area (Å²) in [7, 11) is 2.08. The molecule has 2 unspecified atom stereocenters. The molecule has 0 radical (unpaired) electrons. The maximum atomic E-state index is 14.8. The number of hydrogen-bond acceptors (Lipinski definition) is 8. The average Bonchev–Trinajstić information content (AvgIpc) is 3.63. The number of nitrogens with one attached hydrogen (secondary N) is 1. The first-order valence-corrected chi connectivity index (χ1v) is 14.7. The first-order chi connectivity index (χ1) is 20.3. The van der Waals surface area contributed by atoms with Crippen LogP contribution in [0, 0.1) is 17.1 Å². The number of aromatic amines is 1. The van der Waals surface area contributed by atoms with Gasteiger partial charge in [-0.2, -0.15) is 10.4 Å². The lowest BCUT2D eigenvalue weighted by Crippen LogP contribution is -2.54. The van der Waals surface area contributed by atoms with E-state index in [4.69, 9.17) is 21.3 Å². The van der Waals surface area contributed by atoms with Gasteiger partial charge in [-0.15, -0.1) is 0 Å². The number of piperazine rings is 1. The molecule has 1 aromatic carbocycles. The third-order valence-electron chi connectivity index (χ3n) is 8.82. The second-order valence-electron chi connectivity index (χ2n) is 11.3. The number of nitriles is 1. The van der Waals surface area contributed by atoms with Crippen molar-refractivity contribution in [1.82, 2.24) is 25.0 Å². The van der Waals surface area contributed by atoms with Crippen molar-refractivity contribution in [3.05, 3.63) is 52.6 Å². The topological polar surface area (TPSA) is 105 Å². The molecule has 0 saturated carbocycles. The Hall–Kier alpha value is -3.88. The Morgan fingerprint density at radius 3 is 2.86 bits per heavy atom. The number of pyridine rings is 1. The number of ether oxygens (including phenoxy) is 1. The smallest absolute Gasteiger partial charge is 0.246 e. The van der Waals surface area contributed by atoms with Crippen LogP contribution in [0.2, 0.25) is 5.02 Å². The molecule has 0 aliphatic carbocycles. The molecule has 3 aliphatic heterocycles. The molecule has 1 N–H and O–H groups in total. The highest BCUT2D eigenvalue weighted by atomic mass is 35.5. The van der Waals surface area contributed by atoms with E-state index >= 15 is 0 Å². The van der Waals surface area contributed by atoms with Crippen LogP contribution in [0.1, 0.15) is 36.6 Å². The van der Waals surface area contributed by atoms with Crippen LogP contribution in [0.5, 0.6) is 5.88 Å². The highest BCUT2D eigenvalue weighted by molar-refractivity contribution is 6.35. The van der Waals surface area contributed by atoms with Crippen molar-refractivity contribution in [2.45, 2.75) is 44.8 Å². The van der Waals surface area contributed by atoms with Crippen molar-refractivity contribution in [3.63, 3.8) is 0 Å². The van der Waals surface area contributed by atoms with Crippen LogP contribution in [-0.2, 0) is 17.8 Å². The first kappa shape index (κ1) is 28.2. The monoisotopic (exact) mass is 592 g/mol. The van der Waals surface area contributed by atoms with Crippen molar-refractivity contribution in [3.8, 4) is 11.9 Å². The van der Waals surface area contributed by atoms with Crippen molar-refractivity contribution < 1.29 is 13.9 Å². The number of anilines is 2. The van der Waals surface area contributed by atoms with Gasteiger partial charge in [0.1, 0.15) is 29.1 Å². The van der Waals surface area contributed by atoms with E-state index in [1.54, 1.807) is 11.1 Å². The Balaban J connectivity index is 1.40. The summed E-state index contributed by atoms with van der Waals surface area (Å²) in [5.41, 5.74) is 4.10. The molecule has 2 aromatic heterocycles. The number of likely N-dealkylation sites (tertiary alicyclic amines) is 1. The van der Waals surface area contributed by atoms with Crippen LogP contribution in [0.25, 0.3) is 10.9 Å². The first-order valence-electron chi connectivity index (χ1n) is 14.3. The third kappa shape index (κ3) is 4.92. The molecule has 2 saturated heterocycles. The normalized spacial score (nSPS) is 21.0. The molecule has 1 amide bonds. The van der Waals surface area contributed by atoms with Crippen LogP contribution in [0.3, 0.4) is 0 Å². The summed E-state index contributed by atoms with van der Waals surface area (Å²) in [4.78, 5) is 25.6. The summed E-state index contributed by atoms with van der Waals surface area (Å²) < 4.78 is 21.1. The standard InChI is InChI=1S/C30H34ClFN8O2/c1-4-26(41)40-11-10-39(15-18(40)2)28-20-7-9-38(29-22-14-34-36-24(22)12-23(32)27(29)31)16-25(20)35-30(21(28)13-33)42-17-19-6-5-8-37(19)3/h4,12,14,18-19H,1,5-11,15-17H2,2-3H3,(H,34,36). The molecule has 220 valence electrons. The molecular formula is C30H34ClFN8O2. The number of benzene rings is 1. The van der Waals surface area contributed by atoms with E-state index in [0.29, 0.717) is 68.4 Å². The minimum atomic E-state index is -0.520. The number of amides is 1. The zero-order valence-electron chi connectivity index (χ0n) is 23.9. The number of hydrogen-bond donors (Lipinski definition) is 1. The van der Waals surface area contributed by atoms with E-state index in [2.05, 4.69) is 39.7 Å². The Morgan fingerprint density at radius 1 is 1.31 bits per heavy atom. The summed E-state index contributed by atoms with van der Waals surface area (Å²) in [6.07, 6.45) is 5.71. The fourth-order valence-corrected chi connectivity index (χ4v) is 6.85. The number of nitrogens with zero attached hydrogens (tertiary/aromatic N) is 7. The molecule has 42 heavy (non-hydrogen) atoms. The van der Waals surface area contributed by atoms with E-state index in [1.807, 2.05) is 11.8 Å². The van der Waals surface area contributed by atoms with Crippen LogP contribution >= 0.6 is 11.6 Å². The molecule has 3 aromatic rings. The number of H-pyrrole nitrogens is 1. The maximum absolute atomic E-state index is 14.8. The zero-order chi connectivity index (χ0) is 29.5. The van der Waals surface area contributed by atoms with Gasteiger partial charge in [0, 0.05) is 55.3 Å². The van der Waals surface area contributed by atoms with E-state index in [1.165, 1.54) is 12.1 Å². The van der Waals surface area contributed by atoms with Crippen LogP contribution in [-0.4, -0.2) is 89.4 Å². The van der Waals surface area contributed by atoms with Crippen LogP contribution in [0.4, 0.5) is 15.8 Å². The Bertz CT molecular complexity index is 1590. The Kier molecular flexibility index (Phi) is 7.68. The van der Waals surface area contributed by atoms with Gasteiger partial charge in [-0.25, -0.2) is 9.37 Å². The summed E-state index contributed by atoms with van der Waals surface area (Å²) >= 11 is 6.53. The van der Waals surface area contributed by atoms with Gasteiger partial charge in [-0.05, 0) is 45.9 Å². The lowest BCUT2D eigenvalue weighted by Gasteiger charge is -2.42. The predicted molar refractivity (Wildman–Crippen MR) is 159 cm³/mol. The lowest BCUT2D eigenvalue weighted by molar-refractivity contribution is -0.128. The van der Waals surface area contributed by atoms with E-state index in [-0.39, 0.29) is 23.0 Å². The SMILES string of the molecule is C=CC(=O)N1CCN(c2c(C#N)c(OCC3CCCN3C)nc3c2CCN(c2c(Cl)c(F)cc4[nH]ncc24)C3)CC1C. The molecule has 3 aliphatic rings. The minimum absolute atomic E-state index is 0.0406. The maximum Gasteiger partial charge on any atom is 0.246 e. The highest BCUT2D eigenvalue weighted by Gasteiger charge is 2.34. The quantitative estimate of drug-likeness (QED) is 0.430. The lowest BCUT2D eigenvalue weighted by atomic mass is 9.97. The highest BCUT2D eigenvalue weighted by Crippen LogP contribution is 2.42. The number of carbonyl (C=O) groups is 1. The molecular weight excluding hydrogens is 559 g/mol. The van der Waals surface area contributed by atoms with Gasteiger partial charge in [0.15, 0.2) is 0 Å². The number of aromatic nitrogens is 3. The van der Waals surface area contributed by atoms with Crippen molar-refractivity contribution in [1.29, 1.82) is 5.26 Å². The third-order valence-corrected chi connectivity index (χ3v) is 9.18. The predicted octanol–water partition coefficient (Wildman–Crippen LogP) is 3.88. The number of fused-ring (bicyclic) bond motifs is 2. The average molecular weight is 593 g/mol. The minimum Gasteiger partial charge on any atom is -0.475 e. The second kappa shape index (κ2) is 11.4. The molecule has 0 bridgehead atoms. The van der Waals surface area contributed by atoms with E-state index < -0.39 is 5.82 Å². The Labute approximate surface area is 249 Å². The van der Waals surface area contributed by atoms with E-state index in [0.717, 1.165) is 41.7 Å². The van der Waals surface area contributed by atoms with Gasteiger partial charge in [-0.1, -0.05) is 18.2 Å². The molecule has 2 atom stereocenters. The summed E-state index contributed by atoms with van der Waals surface area (Å²) in [5, 5.41) is 18.2. The summed E-state index contributed by atoms with van der Waals surface area (Å²) in [5.74, 6) is -0.310. The fraction of sp³-hybridized carbons (Fsp3) is 0.467. The van der Waals surface area contributed by atoms with Crippen molar-refractivity contribution in [2.24, 2.45) is 0 Å². The number of likely N-dealkylation sites (N-methyl/N-ethyl adjacent to an activating group) is 1. The van der Waals surface area contributed by atoms with Gasteiger partial charge < -0.3 is 24.3 Å². The zero-order valence-corrected chi connectivity index (χ0v) is 24.6. The molecule has 12 heteroatoms. The summed E-state index contributed by atoms with van der Waals surface area (Å²) in [6, 6.07) is 3.94. The molecule has 0 spiro atoms. The summed E-state index contributed by atoms with van der Waals surface area (Å²) in [6.45, 7) is 9.64. The largest absolute Gasteiger partial charge is 0.475 e. The molecule has 5 heterocycles. The van der Waals surface area contributed by atoms with Gasteiger partial charge in [-0.3, -0.25) is 9.89 Å². The van der Waals surface area contributed by atoms with Gasteiger partial charge >= 0.3 is 0 Å².